The van der Waals surface area contributed by atoms with E-state index in [0.717, 1.165) is 75.2 Å². The molecule has 0 radical (unpaired) electrons. The summed E-state index contributed by atoms with van der Waals surface area (Å²) in [6, 6.07) is 15.1. The van der Waals surface area contributed by atoms with Crippen LogP contribution in [0.4, 0.5) is 16.0 Å². The van der Waals surface area contributed by atoms with E-state index in [-0.39, 0.29) is 18.2 Å². The number of fused-ring (bicyclic) bond motifs is 1. The topological polar surface area (TPSA) is 44.7 Å². The van der Waals surface area contributed by atoms with E-state index in [1.807, 2.05) is 24.4 Å². The zero-order valence-electron chi connectivity index (χ0n) is 18.8. The van der Waals surface area contributed by atoms with Crippen molar-refractivity contribution in [2.75, 3.05) is 49.6 Å². The summed E-state index contributed by atoms with van der Waals surface area (Å²) in [4.78, 5) is 16.6. The minimum absolute atomic E-state index is 0. The lowest BCUT2D eigenvalue weighted by Crippen LogP contribution is -2.47. The Hall–Kier alpha value is -2.90. The third-order valence-electron chi connectivity index (χ3n) is 6.28. The number of halogens is 2. The number of hydrogen-bond acceptors (Lipinski definition) is 6. The molecule has 2 aliphatic heterocycles. The molecule has 8 heteroatoms. The fourth-order valence-corrected chi connectivity index (χ4v) is 4.52. The van der Waals surface area contributed by atoms with Crippen LogP contribution in [0, 0.1) is 5.82 Å². The highest BCUT2D eigenvalue weighted by Gasteiger charge is 2.23. The molecule has 1 saturated heterocycles. The molecule has 3 aromatic rings. The van der Waals surface area contributed by atoms with Gasteiger partial charge in [0.05, 0.1) is 12.8 Å². The first-order chi connectivity index (χ1) is 15.7. The summed E-state index contributed by atoms with van der Waals surface area (Å²) in [5, 5.41) is 0. The van der Waals surface area contributed by atoms with Crippen LogP contribution in [0.5, 0.6) is 5.75 Å². The van der Waals surface area contributed by atoms with Gasteiger partial charge in [0.15, 0.2) is 0 Å². The number of benzene rings is 2. The Balaban J connectivity index is 0.00000259. The fraction of sp³-hybridized carbons (Fsp3) is 0.360. The van der Waals surface area contributed by atoms with Crippen molar-refractivity contribution < 1.29 is 9.13 Å². The molecule has 5 rings (SSSR count). The molecule has 2 aliphatic rings. The zero-order chi connectivity index (χ0) is 21.9. The summed E-state index contributed by atoms with van der Waals surface area (Å²) in [6.07, 6.45) is 2.87. The second-order valence-electron chi connectivity index (χ2n) is 8.41. The lowest BCUT2D eigenvalue weighted by atomic mass is 10.1. The predicted molar refractivity (Wildman–Crippen MR) is 131 cm³/mol. The predicted octanol–water partition coefficient (Wildman–Crippen LogP) is 3.93. The molecule has 3 heterocycles. The van der Waals surface area contributed by atoms with Gasteiger partial charge in [-0.25, -0.2) is 14.4 Å². The maximum absolute atomic E-state index is 13.5. The average Bonchev–Trinajstić information content (AvgIpc) is 2.84. The molecule has 0 spiro atoms. The second kappa shape index (κ2) is 10.4. The summed E-state index contributed by atoms with van der Waals surface area (Å²) in [5.74, 6) is 1.53. The monoisotopic (exact) mass is 469 g/mol. The average molecular weight is 470 g/mol. The fourth-order valence-electron chi connectivity index (χ4n) is 4.52. The van der Waals surface area contributed by atoms with E-state index in [0.29, 0.717) is 0 Å². The summed E-state index contributed by atoms with van der Waals surface area (Å²) < 4.78 is 18.8. The van der Waals surface area contributed by atoms with Crippen LogP contribution in [0.1, 0.15) is 16.8 Å². The lowest BCUT2D eigenvalue weighted by molar-refractivity contribution is 0.242. The van der Waals surface area contributed by atoms with Gasteiger partial charge in [-0.05, 0) is 29.8 Å². The van der Waals surface area contributed by atoms with Crippen molar-refractivity contribution in [3.05, 3.63) is 77.4 Å². The van der Waals surface area contributed by atoms with E-state index < -0.39 is 0 Å². The van der Waals surface area contributed by atoms with E-state index in [2.05, 4.69) is 31.8 Å². The number of hydrogen-bond donors (Lipinski definition) is 0. The van der Waals surface area contributed by atoms with Crippen LogP contribution in [0.2, 0.25) is 0 Å². The maximum atomic E-state index is 13.5. The minimum atomic E-state index is -0.181. The van der Waals surface area contributed by atoms with Gasteiger partial charge in [0.2, 0.25) is 5.95 Å². The van der Waals surface area contributed by atoms with Gasteiger partial charge in [-0.3, -0.25) is 4.90 Å². The number of methoxy groups -OCH3 is 1. The Bertz CT molecular complexity index is 1090. The molecule has 0 saturated carbocycles. The standard InChI is InChI=1S/C25H28FN5O.ClH/c1-32-23-7-3-6-22(15-23)30-10-12-31(13-11-30)25-27-16-20-18-29(9-8-24(20)28-25)17-19-4-2-5-21(26)14-19;/h2-7,14-16H,8-13,17-18H2,1H3;1H. The van der Waals surface area contributed by atoms with Crippen molar-refractivity contribution in [1.29, 1.82) is 0 Å². The molecular formula is C25H29ClFN5O. The van der Waals surface area contributed by atoms with Gasteiger partial charge in [-0.1, -0.05) is 18.2 Å². The van der Waals surface area contributed by atoms with Gasteiger partial charge in [-0.2, -0.15) is 0 Å². The molecule has 1 fully saturated rings. The molecule has 0 atom stereocenters. The van der Waals surface area contributed by atoms with Gasteiger partial charge in [0, 0.05) is 75.7 Å². The lowest BCUT2D eigenvalue weighted by Gasteiger charge is -2.36. The van der Waals surface area contributed by atoms with Gasteiger partial charge >= 0.3 is 0 Å². The zero-order valence-corrected chi connectivity index (χ0v) is 19.6. The van der Waals surface area contributed by atoms with Crippen LogP contribution in [-0.4, -0.2) is 54.7 Å². The van der Waals surface area contributed by atoms with E-state index in [1.165, 1.54) is 17.3 Å². The van der Waals surface area contributed by atoms with Crippen molar-refractivity contribution in [3.63, 3.8) is 0 Å². The molecule has 0 N–H and O–H groups in total. The van der Waals surface area contributed by atoms with E-state index in [9.17, 15) is 4.39 Å². The van der Waals surface area contributed by atoms with Crippen LogP contribution in [-0.2, 0) is 19.5 Å². The van der Waals surface area contributed by atoms with Crippen molar-refractivity contribution in [2.24, 2.45) is 0 Å². The van der Waals surface area contributed by atoms with Crippen LogP contribution < -0.4 is 14.5 Å². The number of nitrogens with zero attached hydrogens (tertiary/aromatic N) is 5. The van der Waals surface area contributed by atoms with Crippen molar-refractivity contribution in [3.8, 4) is 5.75 Å². The summed E-state index contributed by atoms with van der Waals surface area (Å²) in [5.41, 5.74) is 4.50. The van der Waals surface area contributed by atoms with Crippen molar-refractivity contribution >= 4 is 24.0 Å². The highest BCUT2D eigenvalue weighted by Crippen LogP contribution is 2.24. The second-order valence-corrected chi connectivity index (χ2v) is 8.41. The van der Waals surface area contributed by atoms with Crippen LogP contribution in [0.3, 0.4) is 0 Å². The number of anilines is 2. The highest BCUT2D eigenvalue weighted by molar-refractivity contribution is 5.85. The van der Waals surface area contributed by atoms with Crippen LogP contribution in [0.25, 0.3) is 0 Å². The number of piperazine rings is 1. The van der Waals surface area contributed by atoms with Crippen LogP contribution in [0.15, 0.2) is 54.7 Å². The largest absolute Gasteiger partial charge is 0.497 e. The Morgan fingerprint density at radius 1 is 0.970 bits per heavy atom. The van der Waals surface area contributed by atoms with Gasteiger partial charge in [0.1, 0.15) is 11.6 Å². The smallest absolute Gasteiger partial charge is 0.225 e. The molecule has 0 bridgehead atoms. The van der Waals surface area contributed by atoms with Crippen molar-refractivity contribution in [1.82, 2.24) is 14.9 Å². The number of rotatable bonds is 5. The minimum Gasteiger partial charge on any atom is -0.497 e. The summed E-state index contributed by atoms with van der Waals surface area (Å²) in [6.45, 7) is 6.10. The first-order valence-corrected chi connectivity index (χ1v) is 11.1. The molecule has 0 unspecified atom stereocenters. The molecule has 174 valence electrons. The molecular weight excluding hydrogens is 441 g/mol. The molecule has 0 amide bonds. The van der Waals surface area contributed by atoms with Crippen LogP contribution >= 0.6 is 12.4 Å². The third kappa shape index (κ3) is 5.37. The molecule has 2 aromatic carbocycles. The molecule has 33 heavy (non-hydrogen) atoms. The molecule has 0 aliphatic carbocycles. The van der Waals surface area contributed by atoms with E-state index in [4.69, 9.17) is 9.72 Å². The Morgan fingerprint density at radius 3 is 2.55 bits per heavy atom. The number of aromatic nitrogens is 2. The van der Waals surface area contributed by atoms with Gasteiger partial charge in [0.25, 0.3) is 0 Å². The summed E-state index contributed by atoms with van der Waals surface area (Å²) in [7, 11) is 1.70. The maximum Gasteiger partial charge on any atom is 0.225 e. The quantitative estimate of drug-likeness (QED) is 0.564. The Morgan fingerprint density at radius 2 is 1.76 bits per heavy atom. The third-order valence-corrected chi connectivity index (χ3v) is 6.28. The first kappa shape index (κ1) is 23.3. The normalized spacial score (nSPS) is 16.2. The SMILES string of the molecule is COc1cccc(N2CCN(c3ncc4c(n3)CCN(Cc3cccc(F)c3)C4)CC2)c1.Cl. The first-order valence-electron chi connectivity index (χ1n) is 11.1. The number of ether oxygens (including phenoxy) is 1. The van der Waals surface area contributed by atoms with Gasteiger partial charge in [-0.15, -0.1) is 12.4 Å². The highest BCUT2D eigenvalue weighted by atomic mass is 35.5. The molecule has 6 nitrogen and oxygen atoms in total. The Kier molecular flexibility index (Phi) is 7.30. The molecule has 1 aromatic heterocycles. The van der Waals surface area contributed by atoms with E-state index in [1.54, 1.807) is 19.2 Å². The van der Waals surface area contributed by atoms with Gasteiger partial charge < -0.3 is 14.5 Å². The van der Waals surface area contributed by atoms with E-state index >= 15 is 0 Å². The summed E-state index contributed by atoms with van der Waals surface area (Å²) >= 11 is 0. The van der Waals surface area contributed by atoms with Crippen molar-refractivity contribution in [2.45, 2.75) is 19.5 Å². The Labute approximate surface area is 200 Å².